The molecule has 0 spiro atoms. The van der Waals surface area contributed by atoms with Gasteiger partial charge in [-0.15, -0.1) is 24.0 Å². The molecule has 0 saturated heterocycles. The summed E-state index contributed by atoms with van der Waals surface area (Å²) in [7, 11) is 5.07. The Morgan fingerprint density at radius 1 is 1.23 bits per heavy atom. The van der Waals surface area contributed by atoms with Crippen LogP contribution in [0.4, 0.5) is 0 Å². The van der Waals surface area contributed by atoms with E-state index in [4.69, 9.17) is 9.47 Å². The Balaban J connectivity index is 0.00000242. The van der Waals surface area contributed by atoms with E-state index in [1.807, 2.05) is 18.2 Å². The van der Waals surface area contributed by atoms with Gasteiger partial charge in [0, 0.05) is 25.2 Å². The van der Waals surface area contributed by atoms with E-state index in [2.05, 4.69) is 27.8 Å². The summed E-state index contributed by atoms with van der Waals surface area (Å²) in [5.41, 5.74) is 1.03. The minimum absolute atomic E-state index is 0. The van der Waals surface area contributed by atoms with Crippen LogP contribution < -0.4 is 20.1 Å². The van der Waals surface area contributed by atoms with E-state index in [1.165, 1.54) is 0 Å². The quantitative estimate of drug-likeness (QED) is 0.335. The van der Waals surface area contributed by atoms with Crippen molar-refractivity contribution in [3.05, 3.63) is 35.9 Å². The normalized spacial score (nSPS) is 14.4. The molecule has 0 radical (unpaired) electrons. The number of halogens is 1. The number of nitrogens with one attached hydrogen (secondary N) is 2. The minimum Gasteiger partial charge on any atom is -0.493 e. The summed E-state index contributed by atoms with van der Waals surface area (Å²) in [5.74, 6) is 2.29. The largest absolute Gasteiger partial charge is 0.493 e. The molecule has 1 aromatic rings. The molecule has 6 heteroatoms. The third-order valence-corrected chi connectivity index (χ3v) is 3.50. The molecular weight excluding hydrogens is 393 g/mol. The van der Waals surface area contributed by atoms with Crippen molar-refractivity contribution in [2.24, 2.45) is 4.99 Å². The zero-order valence-corrected chi connectivity index (χ0v) is 15.6. The van der Waals surface area contributed by atoms with Crippen molar-refractivity contribution in [2.75, 3.05) is 21.3 Å². The number of benzene rings is 1. The summed E-state index contributed by atoms with van der Waals surface area (Å²) < 4.78 is 10.7. The second kappa shape index (κ2) is 9.55. The summed E-state index contributed by atoms with van der Waals surface area (Å²) in [6.45, 7) is 0.625. The van der Waals surface area contributed by atoms with Gasteiger partial charge in [-0.2, -0.15) is 0 Å². The third kappa shape index (κ3) is 4.79. The van der Waals surface area contributed by atoms with Gasteiger partial charge in [-0.1, -0.05) is 24.3 Å². The number of para-hydroxylation sites is 1. The maximum Gasteiger partial charge on any atom is 0.191 e. The van der Waals surface area contributed by atoms with Crippen molar-refractivity contribution in [1.29, 1.82) is 0 Å². The minimum atomic E-state index is 0. The number of aliphatic imine (C=N–C) groups is 1. The van der Waals surface area contributed by atoms with Crippen LogP contribution >= 0.6 is 24.0 Å². The number of nitrogens with zero attached hydrogens (tertiary/aromatic N) is 1. The molecule has 1 aliphatic rings. The zero-order chi connectivity index (χ0) is 15.1. The molecular formula is C16H24IN3O2. The van der Waals surface area contributed by atoms with Crippen LogP contribution in [0.3, 0.4) is 0 Å². The van der Waals surface area contributed by atoms with E-state index in [9.17, 15) is 0 Å². The summed E-state index contributed by atoms with van der Waals surface area (Å²) in [5, 5.41) is 6.72. The van der Waals surface area contributed by atoms with Crippen LogP contribution in [0.25, 0.3) is 0 Å². The first-order valence-corrected chi connectivity index (χ1v) is 7.10. The molecule has 0 atom stereocenters. The summed E-state index contributed by atoms with van der Waals surface area (Å²) in [6, 6.07) is 6.29. The lowest BCUT2D eigenvalue weighted by Gasteiger charge is -2.18. The summed E-state index contributed by atoms with van der Waals surface area (Å²) >= 11 is 0. The van der Waals surface area contributed by atoms with Crippen LogP contribution in [-0.2, 0) is 6.54 Å². The number of guanidine groups is 1. The molecule has 0 saturated carbocycles. The van der Waals surface area contributed by atoms with E-state index in [0.717, 1.165) is 35.9 Å². The predicted octanol–water partition coefficient (Wildman–Crippen LogP) is 2.71. The fourth-order valence-corrected chi connectivity index (χ4v) is 2.39. The zero-order valence-electron chi connectivity index (χ0n) is 13.3. The molecule has 1 aliphatic carbocycles. The van der Waals surface area contributed by atoms with Crippen LogP contribution in [0.5, 0.6) is 11.5 Å². The maximum absolute atomic E-state index is 5.43. The van der Waals surface area contributed by atoms with E-state index in [-0.39, 0.29) is 24.0 Å². The molecule has 0 unspecified atom stereocenters. The van der Waals surface area contributed by atoms with Crippen LogP contribution in [0.1, 0.15) is 18.4 Å². The lowest BCUT2D eigenvalue weighted by molar-refractivity contribution is 0.351. The van der Waals surface area contributed by atoms with Crippen LogP contribution in [0.15, 0.2) is 35.3 Å². The molecule has 0 aliphatic heterocycles. The van der Waals surface area contributed by atoms with Gasteiger partial charge in [0.15, 0.2) is 17.5 Å². The number of rotatable bonds is 5. The van der Waals surface area contributed by atoms with E-state index in [1.54, 1.807) is 21.3 Å². The number of methoxy groups -OCH3 is 2. The molecule has 0 heterocycles. The van der Waals surface area contributed by atoms with Crippen molar-refractivity contribution in [3.8, 4) is 11.5 Å². The number of hydrogen-bond acceptors (Lipinski definition) is 3. The van der Waals surface area contributed by atoms with Gasteiger partial charge in [-0.3, -0.25) is 4.99 Å². The van der Waals surface area contributed by atoms with E-state index < -0.39 is 0 Å². The predicted molar refractivity (Wildman–Crippen MR) is 100 cm³/mol. The van der Waals surface area contributed by atoms with Gasteiger partial charge in [0.1, 0.15) is 0 Å². The molecule has 5 nitrogen and oxygen atoms in total. The Hall–Kier alpha value is -1.44. The molecule has 22 heavy (non-hydrogen) atoms. The third-order valence-electron chi connectivity index (χ3n) is 3.50. The first-order chi connectivity index (χ1) is 10.3. The van der Waals surface area contributed by atoms with Gasteiger partial charge in [-0.05, 0) is 18.9 Å². The Bertz CT molecular complexity index is 524. The highest BCUT2D eigenvalue weighted by molar-refractivity contribution is 14.0. The topological polar surface area (TPSA) is 54.9 Å². The first-order valence-electron chi connectivity index (χ1n) is 7.10. The van der Waals surface area contributed by atoms with Crippen molar-refractivity contribution >= 4 is 29.9 Å². The van der Waals surface area contributed by atoms with Gasteiger partial charge in [0.25, 0.3) is 0 Å². The number of ether oxygens (including phenoxy) is 2. The van der Waals surface area contributed by atoms with Crippen LogP contribution in [0.2, 0.25) is 0 Å². The lowest BCUT2D eigenvalue weighted by atomic mass is 10.2. The fourth-order valence-electron chi connectivity index (χ4n) is 2.39. The smallest absolute Gasteiger partial charge is 0.191 e. The highest BCUT2D eigenvalue weighted by Gasteiger charge is 2.13. The molecule has 0 amide bonds. The molecule has 0 bridgehead atoms. The Morgan fingerprint density at radius 2 is 1.95 bits per heavy atom. The molecule has 122 valence electrons. The fraction of sp³-hybridized carbons (Fsp3) is 0.438. The average molecular weight is 417 g/mol. The second-order valence-electron chi connectivity index (χ2n) is 4.86. The molecule has 2 rings (SSSR count). The van der Waals surface area contributed by atoms with Gasteiger partial charge in [0.05, 0.1) is 14.2 Å². The Labute approximate surface area is 149 Å². The second-order valence-corrected chi connectivity index (χ2v) is 4.86. The summed E-state index contributed by atoms with van der Waals surface area (Å²) in [6.07, 6.45) is 6.47. The Morgan fingerprint density at radius 3 is 2.55 bits per heavy atom. The number of hydrogen-bond donors (Lipinski definition) is 2. The molecule has 0 fully saturated rings. The lowest BCUT2D eigenvalue weighted by Crippen LogP contribution is -2.42. The maximum atomic E-state index is 5.43. The van der Waals surface area contributed by atoms with Gasteiger partial charge < -0.3 is 20.1 Å². The monoisotopic (exact) mass is 417 g/mol. The first kappa shape index (κ1) is 18.6. The molecule has 2 N–H and O–H groups in total. The highest BCUT2D eigenvalue weighted by atomic mass is 127. The van der Waals surface area contributed by atoms with Gasteiger partial charge >= 0.3 is 0 Å². The SMILES string of the molecule is CN=C(NCc1cccc(OC)c1OC)NC1CC=CC1.I. The van der Waals surface area contributed by atoms with Gasteiger partial charge in [-0.25, -0.2) is 0 Å². The van der Waals surface area contributed by atoms with Crippen molar-refractivity contribution in [1.82, 2.24) is 10.6 Å². The summed E-state index contributed by atoms with van der Waals surface area (Å²) in [4.78, 5) is 4.26. The molecule has 0 aromatic heterocycles. The van der Waals surface area contributed by atoms with E-state index in [0.29, 0.717) is 12.6 Å². The molecule has 1 aromatic carbocycles. The standard InChI is InChI=1S/C16H23N3O2.HI/c1-17-16(19-13-8-4-5-9-13)18-11-12-7-6-10-14(20-2)15(12)21-3;/h4-7,10,13H,8-9,11H2,1-3H3,(H2,17,18,19);1H. The van der Waals surface area contributed by atoms with Crippen molar-refractivity contribution in [2.45, 2.75) is 25.4 Å². The van der Waals surface area contributed by atoms with E-state index >= 15 is 0 Å². The van der Waals surface area contributed by atoms with Gasteiger partial charge in [0.2, 0.25) is 0 Å². The highest BCUT2D eigenvalue weighted by Crippen LogP contribution is 2.30. The Kier molecular flexibility index (Phi) is 8.08. The van der Waals surface area contributed by atoms with Crippen molar-refractivity contribution in [3.63, 3.8) is 0 Å². The average Bonchev–Trinajstić information content (AvgIpc) is 3.03. The van der Waals surface area contributed by atoms with Crippen LogP contribution in [-0.4, -0.2) is 33.3 Å². The van der Waals surface area contributed by atoms with Crippen molar-refractivity contribution < 1.29 is 9.47 Å². The van der Waals surface area contributed by atoms with Crippen LogP contribution in [0, 0.1) is 0 Å².